The lowest BCUT2D eigenvalue weighted by Gasteiger charge is -2.16. The van der Waals surface area contributed by atoms with Gasteiger partial charge in [0.25, 0.3) is 0 Å². The molecule has 0 radical (unpaired) electrons. The van der Waals surface area contributed by atoms with Crippen LogP contribution in [0.1, 0.15) is 10.4 Å². The number of aromatic nitrogens is 1. The van der Waals surface area contributed by atoms with Crippen molar-refractivity contribution in [3.05, 3.63) is 100 Å². The molecule has 0 aliphatic carbocycles. The summed E-state index contributed by atoms with van der Waals surface area (Å²) in [5.41, 5.74) is 2.32. The predicted molar refractivity (Wildman–Crippen MR) is 114 cm³/mol. The van der Waals surface area contributed by atoms with Gasteiger partial charge >= 0.3 is 5.97 Å². The fourth-order valence-corrected chi connectivity index (χ4v) is 3.69. The average Bonchev–Trinajstić information content (AvgIpc) is 3.11. The Labute approximate surface area is 176 Å². The van der Waals surface area contributed by atoms with Gasteiger partial charge in [-0.05, 0) is 35.9 Å². The second kappa shape index (κ2) is 7.74. The second-order valence-corrected chi connectivity index (χ2v) is 7.23. The Kier molecular flexibility index (Phi) is 5.14. The van der Waals surface area contributed by atoms with Crippen LogP contribution in [0.5, 0.6) is 0 Å². The summed E-state index contributed by atoms with van der Waals surface area (Å²) in [6, 6.07) is 22.2. The summed E-state index contributed by atoms with van der Waals surface area (Å²) in [6.45, 7) is 0. The number of rotatable bonds is 4. The van der Waals surface area contributed by atoms with Crippen LogP contribution in [0, 0.1) is 5.82 Å². The maximum Gasteiger partial charge on any atom is 0.337 e. The smallest absolute Gasteiger partial charge is 0.337 e. The molecule has 1 heterocycles. The summed E-state index contributed by atoms with van der Waals surface area (Å²) in [4.78, 5) is 12.1. The van der Waals surface area contributed by atoms with Crippen molar-refractivity contribution >= 4 is 29.2 Å². The van der Waals surface area contributed by atoms with E-state index in [-0.39, 0.29) is 16.3 Å². The first kappa shape index (κ1) is 19.2. The lowest BCUT2D eigenvalue weighted by Crippen LogP contribution is -2.05. The monoisotopic (exact) mass is 425 g/mol. The maximum atomic E-state index is 15.0. The number of carboxylic acid groups (broad SMARTS) is 1. The van der Waals surface area contributed by atoms with Gasteiger partial charge in [0.2, 0.25) is 0 Å². The fraction of sp³-hybridized carbons (Fsp3) is 0. The molecule has 0 aliphatic rings. The Balaban J connectivity index is 2.15. The molecule has 1 N–H and O–H groups in total. The standard InChI is InChI=1S/C23H14Cl2FNO2/c24-16-9-4-8-15(12-16)22-17(23(28)29)13-20(14-6-2-1-3-7-14)27(22)19-11-5-10-18(25)21(19)26/h1-13H,(H,28,29). The van der Waals surface area contributed by atoms with Gasteiger partial charge in [0.15, 0.2) is 5.82 Å². The van der Waals surface area contributed by atoms with E-state index in [1.54, 1.807) is 41.0 Å². The summed E-state index contributed by atoms with van der Waals surface area (Å²) in [5.74, 6) is -1.76. The van der Waals surface area contributed by atoms with Crippen LogP contribution in [0.25, 0.3) is 28.2 Å². The third kappa shape index (κ3) is 3.53. The van der Waals surface area contributed by atoms with Gasteiger partial charge in [0.1, 0.15) is 0 Å². The third-order valence-corrected chi connectivity index (χ3v) is 5.10. The van der Waals surface area contributed by atoms with Crippen LogP contribution in [0.15, 0.2) is 78.9 Å². The molecule has 4 rings (SSSR count). The molecule has 29 heavy (non-hydrogen) atoms. The molecular weight excluding hydrogens is 412 g/mol. The van der Waals surface area contributed by atoms with Crippen LogP contribution in [0.3, 0.4) is 0 Å². The summed E-state index contributed by atoms with van der Waals surface area (Å²) in [7, 11) is 0. The van der Waals surface area contributed by atoms with Crippen LogP contribution in [-0.2, 0) is 0 Å². The molecule has 6 heteroatoms. The number of hydrogen-bond acceptors (Lipinski definition) is 1. The zero-order chi connectivity index (χ0) is 20.5. The van der Waals surface area contributed by atoms with Crippen LogP contribution in [-0.4, -0.2) is 15.6 Å². The van der Waals surface area contributed by atoms with Crippen molar-refractivity contribution < 1.29 is 14.3 Å². The van der Waals surface area contributed by atoms with E-state index in [1.807, 2.05) is 30.3 Å². The van der Waals surface area contributed by atoms with E-state index in [4.69, 9.17) is 23.2 Å². The average molecular weight is 426 g/mol. The molecule has 0 saturated heterocycles. The highest BCUT2D eigenvalue weighted by Crippen LogP contribution is 2.38. The van der Waals surface area contributed by atoms with Crippen LogP contribution < -0.4 is 0 Å². The molecule has 144 valence electrons. The number of carboxylic acids is 1. The Morgan fingerprint density at radius 2 is 1.55 bits per heavy atom. The van der Waals surface area contributed by atoms with E-state index in [1.165, 1.54) is 12.1 Å². The number of aromatic carboxylic acids is 1. The summed E-state index contributed by atoms with van der Waals surface area (Å²) < 4.78 is 16.6. The maximum absolute atomic E-state index is 15.0. The first-order valence-electron chi connectivity index (χ1n) is 8.72. The molecule has 0 atom stereocenters. The predicted octanol–water partition coefficient (Wildman–Crippen LogP) is 6.96. The minimum atomic E-state index is -1.13. The van der Waals surface area contributed by atoms with E-state index >= 15 is 4.39 Å². The van der Waals surface area contributed by atoms with E-state index in [0.717, 1.165) is 5.56 Å². The van der Waals surface area contributed by atoms with Crippen molar-refractivity contribution in [1.82, 2.24) is 4.57 Å². The Bertz CT molecular complexity index is 1220. The summed E-state index contributed by atoms with van der Waals surface area (Å²) in [5, 5.41) is 10.3. The zero-order valence-corrected chi connectivity index (χ0v) is 16.5. The van der Waals surface area contributed by atoms with Crippen molar-refractivity contribution in [1.29, 1.82) is 0 Å². The van der Waals surface area contributed by atoms with Gasteiger partial charge in [-0.15, -0.1) is 0 Å². The van der Waals surface area contributed by atoms with E-state index in [0.29, 0.717) is 22.0 Å². The van der Waals surface area contributed by atoms with Crippen molar-refractivity contribution in [2.24, 2.45) is 0 Å². The number of nitrogens with zero attached hydrogens (tertiary/aromatic N) is 1. The highest BCUT2D eigenvalue weighted by molar-refractivity contribution is 6.31. The minimum Gasteiger partial charge on any atom is -0.478 e. The quantitative estimate of drug-likeness (QED) is 0.384. The molecule has 0 amide bonds. The lowest BCUT2D eigenvalue weighted by molar-refractivity contribution is 0.0698. The Morgan fingerprint density at radius 3 is 2.24 bits per heavy atom. The molecule has 0 unspecified atom stereocenters. The number of halogens is 3. The van der Waals surface area contributed by atoms with Gasteiger partial charge in [0, 0.05) is 10.6 Å². The van der Waals surface area contributed by atoms with Gasteiger partial charge in [-0.2, -0.15) is 0 Å². The molecule has 3 aromatic carbocycles. The highest BCUT2D eigenvalue weighted by atomic mass is 35.5. The molecule has 0 fully saturated rings. The third-order valence-electron chi connectivity index (χ3n) is 4.57. The SMILES string of the molecule is O=C(O)c1cc(-c2ccccc2)n(-c2cccc(Cl)c2F)c1-c1cccc(Cl)c1. The number of carbonyl (C=O) groups is 1. The van der Waals surface area contributed by atoms with Crippen molar-refractivity contribution in [2.75, 3.05) is 0 Å². The van der Waals surface area contributed by atoms with Crippen LogP contribution in [0.2, 0.25) is 10.0 Å². The molecule has 0 saturated carbocycles. The molecule has 4 aromatic rings. The summed E-state index contributed by atoms with van der Waals surface area (Å²) >= 11 is 12.2. The van der Waals surface area contributed by atoms with Crippen molar-refractivity contribution in [3.8, 4) is 28.2 Å². The Morgan fingerprint density at radius 1 is 0.862 bits per heavy atom. The van der Waals surface area contributed by atoms with Crippen molar-refractivity contribution in [3.63, 3.8) is 0 Å². The number of hydrogen-bond donors (Lipinski definition) is 1. The molecule has 3 nitrogen and oxygen atoms in total. The normalized spacial score (nSPS) is 10.9. The molecule has 0 spiro atoms. The van der Waals surface area contributed by atoms with Crippen LogP contribution >= 0.6 is 23.2 Å². The summed E-state index contributed by atoms with van der Waals surface area (Å²) in [6.07, 6.45) is 0. The van der Waals surface area contributed by atoms with Crippen molar-refractivity contribution in [2.45, 2.75) is 0 Å². The molecular formula is C23H14Cl2FNO2. The number of benzene rings is 3. The van der Waals surface area contributed by atoms with Gasteiger partial charge in [-0.25, -0.2) is 9.18 Å². The molecule has 0 aliphatic heterocycles. The van der Waals surface area contributed by atoms with Gasteiger partial charge in [-0.3, -0.25) is 0 Å². The fourth-order valence-electron chi connectivity index (χ4n) is 3.33. The first-order chi connectivity index (χ1) is 14.0. The van der Waals surface area contributed by atoms with Gasteiger partial charge in [-0.1, -0.05) is 71.7 Å². The topological polar surface area (TPSA) is 42.2 Å². The van der Waals surface area contributed by atoms with Gasteiger partial charge in [0.05, 0.1) is 27.7 Å². The van der Waals surface area contributed by atoms with Gasteiger partial charge < -0.3 is 9.67 Å². The Hall–Kier alpha value is -3.08. The zero-order valence-electron chi connectivity index (χ0n) is 14.9. The van der Waals surface area contributed by atoms with Crippen LogP contribution in [0.4, 0.5) is 4.39 Å². The lowest BCUT2D eigenvalue weighted by atomic mass is 10.1. The van der Waals surface area contributed by atoms with E-state index in [9.17, 15) is 9.90 Å². The minimum absolute atomic E-state index is 0.0329. The van der Waals surface area contributed by atoms with E-state index < -0.39 is 11.8 Å². The second-order valence-electron chi connectivity index (χ2n) is 6.38. The van der Waals surface area contributed by atoms with E-state index in [2.05, 4.69) is 0 Å². The molecule has 1 aromatic heterocycles. The molecule has 0 bridgehead atoms. The largest absolute Gasteiger partial charge is 0.478 e. The highest BCUT2D eigenvalue weighted by Gasteiger charge is 2.25. The first-order valence-corrected chi connectivity index (χ1v) is 9.47.